The van der Waals surface area contributed by atoms with Crippen molar-refractivity contribution in [3.05, 3.63) is 22.3 Å². The zero-order chi connectivity index (χ0) is 12.0. The first-order valence-corrected chi connectivity index (χ1v) is 7.53. The Morgan fingerprint density at radius 2 is 2.12 bits per heavy atom. The van der Waals surface area contributed by atoms with Crippen LogP contribution in [0.4, 0.5) is 5.82 Å². The van der Waals surface area contributed by atoms with Gasteiger partial charge in [0.2, 0.25) is 0 Å². The van der Waals surface area contributed by atoms with Gasteiger partial charge in [0.05, 0.1) is 0 Å². The average Bonchev–Trinajstić information content (AvgIpc) is 2.25. The van der Waals surface area contributed by atoms with E-state index >= 15 is 0 Å². The van der Waals surface area contributed by atoms with Crippen LogP contribution in [0, 0.1) is 6.92 Å². The normalized spacial score (nSPS) is 10.5. The van der Waals surface area contributed by atoms with Crippen LogP contribution in [-0.2, 0) is 0 Å². The van der Waals surface area contributed by atoms with Gasteiger partial charge in [0.1, 0.15) is 5.82 Å². The Labute approximate surface area is 115 Å². The molecule has 0 aliphatic heterocycles. The molecule has 0 unspecified atom stereocenters. The van der Waals surface area contributed by atoms with Crippen molar-refractivity contribution in [2.24, 2.45) is 0 Å². The van der Waals surface area contributed by atoms with Gasteiger partial charge in [0, 0.05) is 29.1 Å². The molecule has 0 spiro atoms. The predicted octanol–water partition coefficient (Wildman–Crippen LogP) is 4.15. The summed E-state index contributed by atoms with van der Waals surface area (Å²) in [6, 6.07) is 2.12. The molecule has 1 rings (SSSR count). The number of halogens is 2. The molecule has 2 nitrogen and oxygen atoms in total. The van der Waals surface area contributed by atoms with Gasteiger partial charge in [-0.25, -0.2) is 4.98 Å². The number of hydrogen-bond donors (Lipinski definition) is 0. The maximum absolute atomic E-state index is 4.51. The molecule has 0 fully saturated rings. The molecule has 16 heavy (non-hydrogen) atoms. The van der Waals surface area contributed by atoms with E-state index in [1.165, 1.54) is 18.4 Å². The lowest BCUT2D eigenvalue weighted by Crippen LogP contribution is -2.28. The summed E-state index contributed by atoms with van der Waals surface area (Å²) in [7, 11) is 0. The number of alkyl halides is 1. The molecule has 0 aliphatic rings. The third-order valence-corrected chi connectivity index (χ3v) is 3.24. The van der Waals surface area contributed by atoms with Gasteiger partial charge in [-0.15, -0.1) is 0 Å². The minimum atomic E-state index is 0.980. The van der Waals surface area contributed by atoms with E-state index in [-0.39, 0.29) is 0 Å². The standard InChI is InChI=1S/C12H18Br2N2/c1-3-4-6-16(7-5-13)12-10(2)8-11(14)9-15-12/h8-9H,3-7H2,1-2H3. The van der Waals surface area contributed by atoms with E-state index in [1.807, 2.05) is 6.20 Å². The zero-order valence-electron chi connectivity index (χ0n) is 9.84. The van der Waals surface area contributed by atoms with E-state index in [1.54, 1.807) is 0 Å². The fraction of sp³-hybridized carbons (Fsp3) is 0.583. The number of hydrogen-bond acceptors (Lipinski definition) is 2. The Morgan fingerprint density at radius 1 is 1.38 bits per heavy atom. The van der Waals surface area contributed by atoms with Crippen molar-refractivity contribution in [3.8, 4) is 0 Å². The van der Waals surface area contributed by atoms with Crippen molar-refractivity contribution >= 4 is 37.7 Å². The lowest BCUT2D eigenvalue weighted by atomic mass is 10.2. The maximum atomic E-state index is 4.51. The third-order valence-electron chi connectivity index (χ3n) is 2.45. The number of anilines is 1. The second kappa shape index (κ2) is 7.28. The van der Waals surface area contributed by atoms with Crippen molar-refractivity contribution in [2.45, 2.75) is 26.7 Å². The summed E-state index contributed by atoms with van der Waals surface area (Å²) in [5.74, 6) is 1.11. The Morgan fingerprint density at radius 3 is 2.69 bits per heavy atom. The second-order valence-electron chi connectivity index (χ2n) is 3.82. The molecule has 90 valence electrons. The summed E-state index contributed by atoms with van der Waals surface area (Å²) in [5, 5.41) is 0.980. The lowest BCUT2D eigenvalue weighted by Gasteiger charge is -2.24. The first kappa shape index (κ1) is 14.0. The van der Waals surface area contributed by atoms with Gasteiger partial charge in [-0.3, -0.25) is 0 Å². The SMILES string of the molecule is CCCCN(CCBr)c1ncc(Br)cc1C. The summed E-state index contributed by atoms with van der Waals surface area (Å²) in [6.45, 7) is 6.42. The summed E-state index contributed by atoms with van der Waals surface area (Å²) in [4.78, 5) is 6.86. The van der Waals surface area contributed by atoms with Crippen LogP contribution in [-0.4, -0.2) is 23.4 Å². The number of rotatable bonds is 6. The highest BCUT2D eigenvalue weighted by Gasteiger charge is 2.09. The van der Waals surface area contributed by atoms with Crippen LogP contribution in [0.2, 0.25) is 0 Å². The van der Waals surface area contributed by atoms with Crippen LogP contribution in [0.5, 0.6) is 0 Å². The highest BCUT2D eigenvalue weighted by molar-refractivity contribution is 9.10. The highest BCUT2D eigenvalue weighted by atomic mass is 79.9. The molecule has 1 heterocycles. The number of aromatic nitrogens is 1. The molecular weight excluding hydrogens is 332 g/mol. The second-order valence-corrected chi connectivity index (χ2v) is 5.53. The van der Waals surface area contributed by atoms with Gasteiger partial charge in [-0.05, 0) is 40.9 Å². The number of nitrogens with zero attached hydrogens (tertiary/aromatic N) is 2. The van der Waals surface area contributed by atoms with Gasteiger partial charge in [0.15, 0.2) is 0 Å². The largest absolute Gasteiger partial charge is 0.356 e. The molecule has 0 saturated heterocycles. The first-order chi connectivity index (χ1) is 7.69. The summed E-state index contributed by atoms with van der Waals surface area (Å²) in [5.41, 5.74) is 1.23. The van der Waals surface area contributed by atoms with Crippen molar-refractivity contribution < 1.29 is 0 Å². The summed E-state index contributed by atoms with van der Waals surface area (Å²) >= 11 is 6.95. The molecule has 0 bridgehead atoms. The molecule has 0 saturated carbocycles. The molecule has 0 radical (unpaired) electrons. The van der Waals surface area contributed by atoms with Gasteiger partial charge in [0.25, 0.3) is 0 Å². The Hall–Kier alpha value is -0.0900. The van der Waals surface area contributed by atoms with Crippen LogP contribution < -0.4 is 4.90 Å². The smallest absolute Gasteiger partial charge is 0.131 e. The van der Waals surface area contributed by atoms with E-state index < -0.39 is 0 Å². The lowest BCUT2D eigenvalue weighted by molar-refractivity contribution is 0.725. The van der Waals surface area contributed by atoms with Gasteiger partial charge in [-0.1, -0.05) is 29.3 Å². The van der Waals surface area contributed by atoms with Crippen molar-refractivity contribution in [1.82, 2.24) is 4.98 Å². The Bertz CT molecular complexity index is 329. The molecule has 4 heteroatoms. The van der Waals surface area contributed by atoms with Crippen LogP contribution >= 0.6 is 31.9 Å². The first-order valence-electron chi connectivity index (χ1n) is 5.62. The zero-order valence-corrected chi connectivity index (χ0v) is 13.0. The van der Waals surface area contributed by atoms with E-state index in [0.29, 0.717) is 0 Å². The Kier molecular flexibility index (Phi) is 6.36. The van der Waals surface area contributed by atoms with Crippen LogP contribution in [0.1, 0.15) is 25.3 Å². The predicted molar refractivity (Wildman–Crippen MR) is 77.6 cm³/mol. The highest BCUT2D eigenvalue weighted by Crippen LogP contribution is 2.21. The molecule has 1 aromatic rings. The molecule has 0 aromatic carbocycles. The van der Waals surface area contributed by atoms with E-state index in [2.05, 4.69) is 61.7 Å². The van der Waals surface area contributed by atoms with Crippen LogP contribution in [0.25, 0.3) is 0 Å². The van der Waals surface area contributed by atoms with Crippen LogP contribution in [0.3, 0.4) is 0 Å². The molecule has 1 aromatic heterocycles. The van der Waals surface area contributed by atoms with E-state index in [4.69, 9.17) is 0 Å². The third kappa shape index (κ3) is 4.06. The average molecular weight is 350 g/mol. The molecule has 0 N–H and O–H groups in total. The summed E-state index contributed by atoms with van der Waals surface area (Å²) in [6.07, 6.45) is 4.30. The monoisotopic (exact) mass is 348 g/mol. The van der Waals surface area contributed by atoms with Gasteiger partial charge < -0.3 is 4.90 Å². The van der Waals surface area contributed by atoms with Gasteiger partial charge in [-0.2, -0.15) is 0 Å². The molecule has 0 amide bonds. The fourth-order valence-electron chi connectivity index (χ4n) is 1.64. The molecule has 0 atom stereocenters. The number of aryl methyl sites for hydroxylation is 1. The quantitative estimate of drug-likeness (QED) is 0.717. The van der Waals surface area contributed by atoms with Crippen molar-refractivity contribution in [1.29, 1.82) is 0 Å². The fourth-order valence-corrected chi connectivity index (χ4v) is 2.51. The number of unbranched alkanes of at least 4 members (excludes halogenated alkanes) is 1. The summed E-state index contributed by atoms with van der Waals surface area (Å²) < 4.78 is 1.04. The molecular formula is C12H18Br2N2. The Balaban J connectivity index is 2.82. The van der Waals surface area contributed by atoms with E-state index in [0.717, 1.165) is 28.7 Å². The minimum absolute atomic E-state index is 0.980. The maximum Gasteiger partial charge on any atom is 0.131 e. The van der Waals surface area contributed by atoms with Gasteiger partial charge >= 0.3 is 0 Å². The number of pyridine rings is 1. The topological polar surface area (TPSA) is 16.1 Å². The van der Waals surface area contributed by atoms with E-state index in [9.17, 15) is 0 Å². The van der Waals surface area contributed by atoms with Crippen molar-refractivity contribution in [2.75, 3.05) is 23.3 Å². The minimum Gasteiger partial charge on any atom is -0.356 e. The van der Waals surface area contributed by atoms with Crippen LogP contribution in [0.15, 0.2) is 16.7 Å². The molecule has 0 aliphatic carbocycles. The van der Waals surface area contributed by atoms with Crippen molar-refractivity contribution in [3.63, 3.8) is 0 Å².